The molecule has 0 spiro atoms. The van der Waals surface area contributed by atoms with E-state index in [0.29, 0.717) is 27.5 Å². The number of benzene rings is 3. The highest BCUT2D eigenvalue weighted by Crippen LogP contribution is 2.28. The van der Waals surface area contributed by atoms with Crippen LogP contribution in [0.25, 0.3) is 16.7 Å². The number of halogens is 6. The topological polar surface area (TPSA) is 69.0 Å². The van der Waals surface area contributed by atoms with Gasteiger partial charge in [-0.25, -0.2) is 22.0 Å². The summed E-state index contributed by atoms with van der Waals surface area (Å²) in [6.07, 6.45) is 0. The summed E-state index contributed by atoms with van der Waals surface area (Å²) >= 11 is 6.12. The van der Waals surface area contributed by atoms with Crippen molar-refractivity contribution in [2.75, 3.05) is 12.4 Å². The zero-order valence-corrected chi connectivity index (χ0v) is 17.6. The van der Waals surface area contributed by atoms with Crippen LogP contribution in [-0.2, 0) is 0 Å². The fourth-order valence-corrected chi connectivity index (χ4v) is 3.34. The Kier molecular flexibility index (Phi) is 5.66. The van der Waals surface area contributed by atoms with Gasteiger partial charge in [-0.05, 0) is 42.8 Å². The summed E-state index contributed by atoms with van der Waals surface area (Å²) in [4.78, 5) is 13.6. The second kappa shape index (κ2) is 8.32. The summed E-state index contributed by atoms with van der Waals surface area (Å²) in [5.74, 6) is -12.3. The van der Waals surface area contributed by atoms with Gasteiger partial charge in [-0.3, -0.25) is 4.79 Å². The minimum Gasteiger partial charge on any atom is -0.495 e. The average Bonchev–Trinajstić information content (AvgIpc) is 3.19. The van der Waals surface area contributed by atoms with E-state index in [1.165, 1.54) is 24.0 Å². The summed E-state index contributed by atoms with van der Waals surface area (Å²) < 4.78 is 73.2. The van der Waals surface area contributed by atoms with Crippen LogP contribution < -0.4 is 10.1 Å². The van der Waals surface area contributed by atoms with Gasteiger partial charge < -0.3 is 10.1 Å². The van der Waals surface area contributed by atoms with Gasteiger partial charge in [0.05, 0.1) is 17.8 Å². The van der Waals surface area contributed by atoms with Crippen molar-refractivity contribution in [3.05, 3.63) is 75.6 Å². The lowest BCUT2D eigenvalue weighted by Crippen LogP contribution is -2.19. The Morgan fingerprint density at radius 1 is 0.939 bits per heavy atom. The van der Waals surface area contributed by atoms with E-state index >= 15 is 0 Å². The molecule has 170 valence electrons. The van der Waals surface area contributed by atoms with Crippen LogP contribution in [0, 0.1) is 36.0 Å². The van der Waals surface area contributed by atoms with Gasteiger partial charge >= 0.3 is 0 Å². The normalized spacial score (nSPS) is 11.2. The monoisotopic (exact) mass is 482 g/mol. The molecule has 0 saturated carbocycles. The van der Waals surface area contributed by atoms with Crippen LogP contribution in [0.2, 0.25) is 5.02 Å². The van der Waals surface area contributed by atoms with E-state index in [1.807, 2.05) is 0 Å². The Morgan fingerprint density at radius 2 is 1.52 bits per heavy atom. The molecule has 1 N–H and O–H groups in total. The van der Waals surface area contributed by atoms with Gasteiger partial charge in [0.1, 0.15) is 22.3 Å². The standard InChI is InChI=1S/C21H12ClF5N4O2/c1-8-5-12-13(30-31(29-12)9-3-4-14(33-2)10(22)6-9)7-11(8)28-21(32)15-16(23)18(25)20(27)19(26)17(15)24/h3-7H,1-2H3,(H,28,32). The van der Waals surface area contributed by atoms with Crippen LogP contribution in [0.1, 0.15) is 15.9 Å². The molecule has 1 aromatic heterocycles. The van der Waals surface area contributed by atoms with Gasteiger partial charge in [0, 0.05) is 5.69 Å². The van der Waals surface area contributed by atoms with Crippen LogP contribution >= 0.6 is 11.6 Å². The fraction of sp³-hybridized carbons (Fsp3) is 0.0952. The first-order valence-corrected chi connectivity index (χ1v) is 9.54. The maximum absolute atomic E-state index is 14.0. The predicted molar refractivity (Wildman–Crippen MR) is 109 cm³/mol. The number of anilines is 1. The van der Waals surface area contributed by atoms with Crippen molar-refractivity contribution >= 4 is 34.2 Å². The molecule has 0 aliphatic heterocycles. The molecular formula is C21H12ClF5N4O2. The summed E-state index contributed by atoms with van der Waals surface area (Å²) in [5.41, 5.74) is 0.0359. The number of hydrogen-bond acceptors (Lipinski definition) is 4. The minimum absolute atomic E-state index is 0.0382. The number of ether oxygens (including phenoxy) is 1. The number of aromatic nitrogens is 3. The fourth-order valence-electron chi connectivity index (χ4n) is 3.09. The van der Waals surface area contributed by atoms with E-state index in [4.69, 9.17) is 16.3 Å². The van der Waals surface area contributed by atoms with E-state index < -0.39 is 40.6 Å². The van der Waals surface area contributed by atoms with Crippen LogP contribution in [-0.4, -0.2) is 28.0 Å². The number of nitrogens with zero attached hydrogens (tertiary/aromatic N) is 3. The van der Waals surface area contributed by atoms with Crippen LogP contribution in [0.15, 0.2) is 30.3 Å². The van der Waals surface area contributed by atoms with Crippen LogP contribution in [0.5, 0.6) is 5.75 Å². The molecule has 1 amide bonds. The summed E-state index contributed by atoms with van der Waals surface area (Å²) in [5, 5.41) is 11.1. The lowest BCUT2D eigenvalue weighted by molar-refractivity contribution is 0.101. The van der Waals surface area contributed by atoms with Gasteiger partial charge in [-0.1, -0.05) is 11.6 Å². The van der Waals surface area contributed by atoms with E-state index in [2.05, 4.69) is 15.5 Å². The molecule has 0 aliphatic rings. The molecule has 12 heteroatoms. The molecule has 33 heavy (non-hydrogen) atoms. The SMILES string of the molecule is COc1ccc(-n2nc3cc(C)c(NC(=O)c4c(F)c(F)c(F)c(F)c4F)cc3n2)cc1Cl. The third-order valence-electron chi connectivity index (χ3n) is 4.78. The highest BCUT2D eigenvalue weighted by molar-refractivity contribution is 6.32. The first-order valence-electron chi connectivity index (χ1n) is 9.16. The van der Waals surface area contributed by atoms with Crippen molar-refractivity contribution in [1.82, 2.24) is 15.0 Å². The molecule has 0 atom stereocenters. The smallest absolute Gasteiger partial charge is 0.261 e. The van der Waals surface area contributed by atoms with Crippen molar-refractivity contribution < 1.29 is 31.5 Å². The Hall–Kier alpha value is -3.73. The second-order valence-corrected chi connectivity index (χ2v) is 7.27. The Labute approximate surface area is 187 Å². The molecule has 0 fully saturated rings. The maximum atomic E-state index is 14.0. The van der Waals surface area contributed by atoms with Crippen LogP contribution in [0.3, 0.4) is 0 Å². The Bertz CT molecular complexity index is 1410. The largest absolute Gasteiger partial charge is 0.495 e. The first kappa shape index (κ1) is 22.5. The van der Waals surface area contributed by atoms with Gasteiger partial charge in [0.2, 0.25) is 5.82 Å². The minimum atomic E-state index is -2.35. The number of rotatable bonds is 4. The van der Waals surface area contributed by atoms with Gasteiger partial charge in [0.15, 0.2) is 23.3 Å². The highest BCUT2D eigenvalue weighted by Gasteiger charge is 2.30. The number of carbonyl (C=O) groups is 1. The number of aryl methyl sites for hydroxylation is 1. The molecule has 0 saturated heterocycles. The number of amides is 1. The molecule has 0 bridgehead atoms. The number of hydrogen-bond donors (Lipinski definition) is 1. The summed E-state index contributed by atoms with van der Waals surface area (Å²) in [6.45, 7) is 1.55. The molecule has 1 heterocycles. The van der Waals surface area contributed by atoms with E-state index in [-0.39, 0.29) is 11.2 Å². The Balaban J connectivity index is 1.71. The van der Waals surface area contributed by atoms with Gasteiger partial charge in [0.25, 0.3) is 5.91 Å². The molecule has 0 aliphatic carbocycles. The van der Waals surface area contributed by atoms with Crippen molar-refractivity contribution in [3.8, 4) is 11.4 Å². The third-order valence-corrected chi connectivity index (χ3v) is 5.07. The number of fused-ring (bicyclic) bond motifs is 1. The first-order chi connectivity index (χ1) is 15.6. The summed E-state index contributed by atoms with van der Waals surface area (Å²) in [7, 11) is 1.46. The highest BCUT2D eigenvalue weighted by atomic mass is 35.5. The third kappa shape index (κ3) is 3.84. The predicted octanol–water partition coefficient (Wildman–Crippen LogP) is 5.34. The average molecular weight is 483 g/mol. The zero-order valence-electron chi connectivity index (χ0n) is 16.8. The van der Waals surface area contributed by atoms with Gasteiger partial charge in [-0.2, -0.15) is 4.80 Å². The lowest BCUT2D eigenvalue weighted by Gasteiger charge is -2.11. The molecule has 4 aromatic rings. The molecule has 0 unspecified atom stereocenters. The van der Waals surface area contributed by atoms with E-state index in [1.54, 1.807) is 25.1 Å². The van der Waals surface area contributed by atoms with Crippen molar-refractivity contribution in [1.29, 1.82) is 0 Å². The van der Waals surface area contributed by atoms with E-state index in [0.717, 1.165) is 0 Å². The van der Waals surface area contributed by atoms with E-state index in [9.17, 15) is 26.7 Å². The molecular weight excluding hydrogens is 471 g/mol. The summed E-state index contributed by atoms with van der Waals surface area (Å²) in [6, 6.07) is 7.72. The van der Waals surface area contributed by atoms with Crippen molar-refractivity contribution in [3.63, 3.8) is 0 Å². The van der Waals surface area contributed by atoms with Gasteiger partial charge in [-0.15, -0.1) is 10.2 Å². The molecule has 0 radical (unpaired) electrons. The van der Waals surface area contributed by atoms with Crippen LogP contribution in [0.4, 0.5) is 27.6 Å². The quantitative estimate of drug-likeness (QED) is 0.242. The maximum Gasteiger partial charge on any atom is 0.261 e. The molecule has 4 rings (SSSR count). The second-order valence-electron chi connectivity index (χ2n) is 6.86. The van der Waals surface area contributed by atoms with Crippen molar-refractivity contribution in [2.24, 2.45) is 0 Å². The number of carbonyl (C=O) groups excluding carboxylic acids is 1. The molecule has 3 aromatic carbocycles. The molecule has 6 nitrogen and oxygen atoms in total. The Morgan fingerprint density at radius 3 is 2.09 bits per heavy atom. The number of methoxy groups -OCH3 is 1. The lowest BCUT2D eigenvalue weighted by atomic mass is 10.1. The zero-order chi connectivity index (χ0) is 24.0. The number of nitrogens with one attached hydrogen (secondary N) is 1. The van der Waals surface area contributed by atoms with Crippen molar-refractivity contribution in [2.45, 2.75) is 6.92 Å².